The molecule has 146 valence electrons. The second kappa shape index (κ2) is 8.32. The molecule has 0 unspecified atom stereocenters. The molecule has 0 radical (unpaired) electrons. The van der Waals surface area contributed by atoms with Crippen LogP contribution >= 0.6 is 0 Å². The maximum Gasteiger partial charge on any atom is 0.133 e. The highest BCUT2D eigenvalue weighted by Gasteiger charge is 2.13. The lowest BCUT2D eigenvalue weighted by molar-refractivity contribution is 0.183. The van der Waals surface area contributed by atoms with E-state index >= 15 is 0 Å². The molecule has 5 nitrogen and oxygen atoms in total. The van der Waals surface area contributed by atoms with E-state index in [2.05, 4.69) is 15.1 Å². The second-order valence-electron chi connectivity index (χ2n) is 6.77. The van der Waals surface area contributed by atoms with Gasteiger partial charge < -0.3 is 4.74 Å². The lowest BCUT2D eigenvalue weighted by Crippen LogP contribution is -2.03. The average Bonchev–Trinajstić information content (AvgIpc) is 3.22. The van der Waals surface area contributed by atoms with Crippen molar-refractivity contribution in [2.75, 3.05) is 13.7 Å². The SMILES string of the molecule is COCCn1cc(-c2ccccc2-c2ccc(-c3cnc(C)cn3)c(F)c2)cn1. The van der Waals surface area contributed by atoms with Gasteiger partial charge in [-0.15, -0.1) is 0 Å². The summed E-state index contributed by atoms with van der Waals surface area (Å²) >= 11 is 0. The molecule has 0 aliphatic carbocycles. The minimum Gasteiger partial charge on any atom is -0.383 e. The van der Waals surface area contributed by atoms with Crippen molar-refractivity contribution in [3.63, 3.8) is 0 Å². The molecule has 0 aliphatic rings. The smallest absolute Gasteiger partial charge is 0.133 e. The molecule has 0 saturated heterocycles. The number of halogens is 1. The molecule has 0 bridgehead atoms. The van der Waals surface area contributed by atoms with Gasteiger partial charge in [0.15, 0.2) is 0 Å². The van der Waals surface area contributed by atoms with Crippen LogP contribution in [0.4, 0.5) is 4.39 Å². The number of hydrogen-bond donors (Lipinski definition) is 0. The van der Waals surface area contributed by atoms with Crippen LogP contribution < -0.4 is 0 Å². The van der Waals surface area contributed by atoms with Crippen molar-refractivity contribution in [2.45, 2.75) is 13.5 Å². The van der Waals surface area contributed by atoms with Gasteiger partial charge in [0.25, 0.3) is 0 Å². The van der Waals surface area contributed by atoms with E-state index < -0.39 is 0 Å². The minimum atomic E-state index is -0.328. The number of rotatable bonds is 6. The number of nitrogens with zero attached hydrogens (tertiary/aromatic N) is 4. The van der Waals surface area contributed by atoms with Gasteiger partial charge in [-0.1, -0.05) is 30.3 Å². The standard InChI is InChI=1S/C23H21FN4O/c1-16-12-26-23(14-25-16)21-8-7-17(11-22(21)24)19-5-3-4-6-20(19)18-13-27-28(15-18)9-10-29-2/h3-8,11-15H,9-10H2,1-2H3. The summed E-state index contributed by atoms with van der Waals surface area (Å²) < 4.78 is 21.9. The molecule has 0 spiro atoms. The van der Waals surface area contributed by atoms with Crippen LogP contribution in [-0.2, 0) is 11.3 Å². The zero-order valence-corrected chi connectivity index (χ0v) is 16.3. The highest BCUT2D eigenvalue weighted by molar-refractivity contribution is 5.83. The Bertz CT molecular complexity index is 1120. The fourth-order valence-corrected chi connectivity index (χ4v) is 3.22. The molecule has 0 N–H and O–H groups in total. The summed E-state index contributed by atoms with van der Waals surface area (Å²) in [6.45, 7) is 3.13. The van der Waals surface area contributed by atoms with Crippen molar-refractivity contribution in [3.8, 4) is 33.5 Å². The normalized spacial score (nSPS) is 11.0. The first-order chi connectivity index (χ1) is 14.2. The van der Waals surface area contributed by atoms with Crippen LogP contribution in [0.2, 0.25) is 0 Å². The minimum absolute atomic E-state index is 0.328. The Hall–Kier alpha value is -3.38. The summed E-state index contributed by atoms with van der Waals surface area (Å²) in [6.07, 6.45) is 7.03. The number of aryl methyl sites for hydroxylation is 1. The monoisotopic (exact) mass is 388 g/mol. The van der Waals surface area contributed by atoms with Gasteiger partial charge in [0.1, 0.15) is 5.82 Å². The molecule has 6 heteroatoms. The maximum absolute atomic E-state index is 14.9. The van der Waals surface area contributed by atoms with Gasteiger partial charge in [0.2, 0.25) is 0 Å². The quantitative estimate of drug-likeness (QED) is 0.478. The Morgan fingerprint density at radius 1 is 0.931 bits per heavy atom. The Labute approximate surface area is 168 Å². The first-order valence-electron chi connectivity index (χ1n) is 9.35. The first kappa shape index (κ1) is 19.0. The van der Waals surface area contributed by atoms with E-state index in [1.807, 2.05) is 54.3 Å². The van der Waals surface area contributed by atoms with Gasteiger partial charge in [-0.3, -0.25) is 14.6 Å². The maximum atomic E-state index is 14.9. The second-order valence-corrected chi connectivity index (χ2v) is 6.77. The van der Waals surface area contributed by atoms with Crippen molar-refractivity contribution in [2.24, 2.45) is 0 Å². The predicted octanol–water partition coefficient (Wildman–Crippen LogP) is 4.77. The van der Waals surface area contributed by atoms with Crippen LogP contribution in [0.25, 0.3) is 33.5 Å². The lowest BCUT2D eigenvalue weighted by atomic mass is 9.95. The van der Waals surface area contributed by atoms with Crippen molar-refractivity contribution >= 4 is 0 Å². The average molecular weight is 388 g/mol. The third-order valence-electron chi connectivity index (χ3n) is 4.73. The van der Waals surface area contributed by atoms with Crippen molar-refractivity contribution < 1.29 is 9.13 Å². The van der Waals surface area contributed by atoms with Crippen LogP contribution in [0.1, 0.15) is 5.69 Å². The van der Waals surface area contributed by atoms with Crippen LogP contribution in [0.5, 0.6) is 0 Å². The molecule has 0 saturated carbocycles. The fraction of sp³-hybridized carbons (Fsp3) is 0.174. The summed E-state index contributed by atoms with van der Waals surface area (Å²) in [6, 6.07) is 13.1. The molecular weight excluding hydrogens is 367 g/mol. The van der Waals surface area contributed by atoms with Gasteiger partial charge in [0.05, 0.1) is 36.9 Å². The number of hydrogen-bond acceptors (Lipinski definition) is 4. The molecule has 4 rings (SSSR count). The number of benzene rings is 2. The van der Waals surface area contributed by atoms with E-state index in [0.29, 0.717) is 24.4 Å². The van der Waals surface area contributed by atoms with Gasteiger partial charge >= 0.3 is 0 Å². The molecule has 2 aromatic carbocycles. The highest BCUT2D eigenvalue weighted by atomic mass is 19.1. The third-order valence-corrected chi connectivity index (χ3v) is 4.73. The van der Waals surface area contributed by atoms with E-state index in [-0.39, 0.29) is 5.82 Å². The summed E-state index contributed by atoms with van der Waals surface area (Å²) in [4.78, 5) is 8.49. The Morgan fingerprint density at radius 3 is 2.41 bits per heavy atom. The molecule has 0 fully saturated rings. The number of ether oxygens (including phenoxy) is 1. The van der Waals surface area contributed by atoms with E-state index in [4.69, 9.17) is 4.74 Å². The summed E-state index contributed by atoms with van der Waals surface area (Å²) in [5.74, 6) is -0.328. The van der Waals surface area contributed by atoms with Gasteiger partial charge in [-0.25, -0.2) is 4.39 Å². The molecule has 2 aromatic heterocycles. The first-order valence-corrected chi connectivity index (χ1v) is 9.35. The Balaban J connectivity index is 1.70. The summed E-state index contributed by atoms with van der Waals surface area (Å²) in [5, 5.41) is 4.39. The van der Waals surface area contributed by atoms with Gasteiger partial charge in [-0.2, -0.15) is 5.10 Å². The van der Waals surface area contributed by atoms with Crippen molar-refractivity contribution in [1.82, 2.24) is 19.7 Å². The topological polar surface area (TPSA) is 52.8 Å². The largest absolute Gasteiger partial charge is 0.383 e. The predicted molar refractivity (Wildman–Crippen MR) is 111 cm³/mol. The van der Waals surface area contributed by atoms with Crippen LogP contribution in [0.3, 0.4) is 0 Å². The van der Waals surface area contributed by atoms with Crippen LogP contribution in [0, 0.1) is 12.7 Å². The van der Waals surface area contributed by atoms with Crippen LogP contribution in [-0.4, -0.2) is 33.5 Å². The van der Waals surface area contributed by atoms with Gasteiger partial charge in [-0.05, 0) is 35.7 Å². The van der Waals surface area contributed by atoms with Crippen molar-refractivity contribution in [1.29, 1.82) is 0 Å². The molecular formula is C23H21FN4O. The molecule has 0 aliphatic heterocycles. The Morgan fingerprint density at radius 2 is 1.72 bits per heavy atom. The number of aromatic nitrogens is 4. The van der Waals surface area contributed by atoms with E-state index in [0.717, 1.165) is 27.9 Å². The molecule has 4 aromatic rings. The summed E-state index contributed by atoms with van der Waals surface area (Å²) in [7, 11) is 1.67. The van der Waals surface area contributed by atoms with E-state index in [9.17, 15) is 4.39 Å². The number of methoxy groups -OCH3 is 1. The Kier molecular flexibility index (Phi) is 5.44. The van der Waals surface area contributed by atoms with Crippen molar-refractivity contribution in [3.05, 3.63) is 78.8 Å². The zero-order chi connectivity index (χ0) is 20.2. The molecule has 2 heterocycles. The summed E-state index contributed by atoms with van der Waals surface area (Å²) in [5.41, 5.74) is 5.47. The fourth-order valence-electron chi connectivity index (χ4n) is 3.22. The third kappa shape index (κ3) is 4.07. The van der Waals surface area contributed by atoms with Gasteiger partial charge in [0, 0.05) is 30.6 Å². The molecule has 0 atom stereocenters. The zero-order valence-electron chi connectivity index (χ0n) is 16.3. The van der Waals surface area contributed by atoms with Crippen LogP contribution in [0.15, 0.2) is 67.3 Å². The molecule has 0 amide bonds. The molecule has 29 heavy (non-hydrogen) atoms. The van der Waals surface area contributed by atoms with E-state index in [1.165, 1.54) is 0 Å². The van der Waals surface area contributed by atoms with E-state index in [1.54, 1.807) is 31.6 Å². The lowest BCUT2D eigenvalue weighted by Gasteiger charge is -2.10. The highest BCUT2D eigenvalue weighted by Crippen LogP contribution is 2.34.